The van der Waals surface area contributed by atoms with Crippen LogP contribution in [0.1, 0.15) is 27.1 Å². The highest BCUT2D eigenvalue weighted by atomic mass is 16.7. The molecule has 0 radical (unpaired) electrons. The monoisotopic (exact) mass is 650 g/mol. The van der Waals surface area contributed by atoms with Crippen LogP contribution in [0.5, 0.6) is 11.5 Å². The van der Waals surface area contributed by atoms with Crippen LogP contribution in [0.4, 0.5) is 17.1 Å². The number of benzene rings is 3. The zero-order valence-corrected chi connectivity index (χ0v) is 25.9. The Bertz CT molecular complexity index is 1570. The number of carboxylic acids is 1. The van der Waals surface area contributed by atoms with Gasteiger partial charge in [0.1, 0.15) is 29.8 Å². The number of carbonyl (C=O) groups excluding carboxylic acids is 2. The highest BCUT2D eigenvalue weighted by molar-refractivity contribution is 6.13. The van der Waals surface area contributed by atoms with Crippen molar-refractivity contribution >= 4 is 34.8 Å². The molecule has 2 heterocycles. The van der Waals surface area contributed by atoms with E-state index in [2.05, 4.69) is 27.5 Å². The van der Waals surface area contributed by atoms with Gasteiger partial charge in [-0.1, -0.05) is 6.07 Å². The molecular formula is C33H38N4O10. The molecule has 2 aliphatic heterocycles. The molecule has 14 nitrogen and oxygen atoms in total. The fourth-order valence-electron chi connectivity index (χ4n) is 5.41. The molecule has 2 saturated heterocycles. The number of ether oxygens (including phenoxy) is 3. The van der Waals surface area contributed by atoms with E-state index in [-0.39, 0.29) is 22.6 Å². The zero-order valence-electron chi connectivity index (χ0n) is 25.9. The topological polar surface area (TPSA) is 190 Å². The first-order valence-electron chi connectivity index (χ1n) is 15.1. The van der Waals surface area contributed by atoms with Crippen molar-refractivity contribution in [3.63, 3.8) is 0 Å². The molecule has 0 unspecified atom stereocenters. The number of likely N-dealkylation sites (N-methyl/N-ethyl adjacent to an activating group) is 1. The van der Waals surface area contributed by atoms with Crippen LogP contribution in [0.25, 0.3) is 0 Å². The van der Waals surface area contributed by atoms with Gasteiger partial charge in [-0.3, -0.25) is 9.59 Å². The van der Waals surface area contributed by atoms with Crippen LogP contribution in [0.15, 0.2) is 66.7 Å². The first-order chi connectivity index (χ1) is 22.5. The van der Waals surface area contributed by atoms with Crippen LogP contribution < -0.4 is 25.0 Å². The van der Waals surface area contributed by atoms with Gasteiger partial charge in [-0.15, -0.1) is 0 Å². The minimum Gasteiger partial charge on any atom is -0.497 e. The summed E-state index contributed by atoms with van der Waals surface area (Å²) in [5, 5.41) is 45.9. The third kappa shape index (κ3) is 7.81. The van der Waals surface area contributed by atoms with Gasteiger partial charge in [0.15, 0.2) is 6.10 Å². The molecule has 3 aromatic carbocycles. The van der Waals surface area contributed by atoms with E-state index in [4.69, 9.17) is 14.2 Å². The van der Waals surface area contributed by atoms with Crippen LogP contribution in [-0.4, -0.2) is 114 Å². The summed E-state index contributed by atoms with van der Waals surface area (Å²) in [6.07, 6.45) is -8.40. The predicted octanol–water partition coefficient (Wildman–Crippen LogP) is 1.61. The Labute approximate surface area is 271 Å². The van der Waals surface area contributed by atoms with Gasteiger partial charge in [0.2, 0.25) is 6.29 Å². The number of aliphatic carboxylic acids is 1. The Hall–Kier alpha value is -4.73. The maximum absolute atomic E-state index is 13.6. The number of rotatable bonds is 9. The molecule has 0 aromatic heterocycles. The molecular weight excluding hydrogens is 612 g/mol. The third-order valence-electron chi connectivity index (χ3n) is 8.13. The van der Waals surface area contributed by atoms with Crippen molar-refractivity contribution in [3.8, 4) is 11.5 Å². The average Bonchev–Trinajstić information content (AvgIpc) is 3.30. The lowest BCUT2D eigenvalue weighted by Gasteiger charge is -2.38. The second-order valence-corrected chi connectivity index (χ2v) is 11.4. The van der Waals surface area contributed by atoms with Crippen molar-refractivity contribution in [1.29, 1.82) is 0 Å². The summed E-state index contributed by atoms with van der Waals surface area (Å²) in [5.41, 5.74) is 1.55. The number of carbonyl (C=O) groups is 3. The standard InChI is InChI=1S/C33H38N4O10/c1-36-15-4-16-37(18-17-36)21-11-7-19(8-12-21)30(41)35-25-23(31(42)34-20-9-13-22(45-2)14-10-20)5-3-6-24(25)46-33-28(40)26(38)27(39)29(47-33)32(43)44/h3,5-14,26-29,33,38-40H,4,15-18H2,1-2H3,(H,34,42)(H,35,41)(H,43,44)/t26-,27-,28+,29-,33+/m0/s1. The van der Waals surface area contributed by atoms with E-state index in [1.165, 1.54) is 25.3 Å². The Balaban J connectivity index is 1.43. The summed E-state index contributed by atoms with van der Waals surface area (Å²) in [6.45, 7) is 3.66. The molecule has 6 N–H and O–H groups in total. The maximum Gasteiger partial charge on any atom is 0.335 e. The van der Waals surface area contributed by atoms with Crippen LogP contribution in [0.2, 0.25) is 0 Å². The van der Waals surface area contributed by atoms with Gasteiger partial charge in [0, 0.05) is 36.6 Å². The summed E-state index contributed by atoms with van der Waals surface area (Å²) in [7, 11) is 3.60. The number of carboxylic acid groups (broad SMARTS) is 1. The molecule has 2 aliphatic rings. The molecule has 0 aliphatic carbocycles. The van der Waals surface area contributed by atoms with E-state index in [0.717, 1.165) is 38.3 Å². The largest absolute Gasteiger partial charge is 0.497 e. The maximum atomic E-state index is 13.6. The van der Waals surface area contributed by atoms with E-state index in [1.807, 2.05) is 12.1 Å². The summed E-state index contributed by atoms with van der Waals surface area (Å²) in [5.74, 6) is -2.37. The molecule has 0 spiro atoms. The fraction of sp³-hybridized carbons (Fsp3) is 0.364. The lowest BCUT2D eigenvalue weighted by Crippen LogP contribution is -2.61. The summed E-state index contributed by atoms with van der Waals surface area (Å²) >= 11 is 0. The molecule has 47 heavy (non-hydrogen) atoms. The van der Waals surface area contributed by atoms with Crippen LogP contribution in [-0.2, 0) is 9.53 Å². The minimum absolute atomic E-state index is 0.0300. The molecule has 2 amide bonds. The van der Waals surface area contributed by atoms with Gasteiger partial charge in [-0.25, -0.2) is 4.79 Å². The van der Waals surface area contributed by atoms with Crippen molar-refractivity contribution in [2.24, 2.45) is 0 Å². The number of amides is 2. The lowest BCUT2D eigenvalue weighted by atomic mass is 9.99. The van der Waals surface area contributed by atoms with Gasteiger partial charge in [0.05, 0.1) is 18.4 Å². The average molecular weight is 651 g/mol. The minimum atomic E-state index is -1.93. The lowest BCUT2D eigenvalue weighted by molar-refractivity contribution is -0.271. The Morgan fingerprint density at radius 3 is 2.23 bits per heavy atom. The molecule has 2 fully saturated rings. The number of para-hydroxylation sites is 1. The number of anilines is 3. The Morgan fingerprint density at radius 2 is 1.55 bits per heavy atom. The first kappa shape index (κ1) is 33.6. The number of aliphatic hydroxyl groups excluding tert-OH is 3. The van der Waals surface area contributed by atoms with Crippen molar-refractivity contribution in [1.82, 2.24) is 4.90 Å². The van der Waals surface area contributed by atoms with Gasteiger partial charge >= 0.3 is 5.97 Å². The molecule has 0 saturated carbocycles. The third-order valence-corrected chi connectivity index (χ3v) is 8.13. The van der Waals surface area contributed by atoms with E-state index >= 15 is 0 Å². The van der Waals surface area contributed by atoms with Crippen LogP contribution in [0, 0.1) is 0 Å². The number of hydrogen-bond acceptors (Lipinski definition) is 11. The van der Waals surface area contributed by atoms with Gasteiger partial charge in [-0.2, -0.15) is 0 Å². The zero-order chi connectivity index (χ0) is 33.7. The molecule has 0 bridgehead atoms. The van der Waals surface area contributed by atoms with Gasteiger partial charge in [0.25, 0.3) is 11.8 Å². The second-order valence-electron chi connectivity index (χ2n) is 11.4. The van der Waals surface area contributed by atoms with Gasteiger partial charge in [-0.05, 0) is 80.7 Å². The SMILES string of the molecule is COc1ccc(NC(=O)c2cccc(O[C@@H]3O[C@H](C(=O)O)[C@@H](O)[C@H](O)[C@H]3O)c2NC(=O)c2ccc(N3CCCN(C)CC3)cc2)cc1. The number of nitrogens with one attached hydrogen (secondary N) is 2. The van der Waals surface area contributed by atoms with E-state index < -0.39 is 48.5 Å². The van der Waals surface area contributed by atoms with Crippen LogP contribution in [0.3, 0.4) is 0 Å². The summed E-state index contributed by atoms with van der Waals surface area (Å²) in [4.78, 5) is 43.3. The molecule has 3 aromatic rings. The number of methoxy groups -OCH3 is 1. The van der Waals surface area contributed by atoms with Crippen molar-refractivity contribution in [2.45, 2.75) is 37.1 Å². The second kappa shape index (κ2) is 14.8. The molecule has 250 valence electrons. The highest BCUT2D eigenvalue weighted by Gasteiger charge is 2.48. The van der Waals surface area contributed by atoms with Gasteiger partial charge < -0.3 is 55.1 Å². The molecule has 5 atom stereocenters. The fourth-order valence-corrected chi connectivity index (χ4v) is 5.41. The normalized spacial score (nSPS) is 23.3. The van der Waals surface area contributed by atoms with E-state index in [0.29, 0.717) is 11.4 Å². The number of nitrogens with zero attached hydrogens (tertiary/aromatic N) is 2. The smallest absolute Gasteiger partial charge is 0.335 e. The van der Waals surface area contributed by atoms with E-state index in [1.54, 1.807) is 36.4 Å². The quantitative estimate of drug-likeness (QED) is 0.197. The molecule has 5 rings (SSSR count). The van der Waals surface area contributed by atoms with Crippen molar-refractivity contribution in [3.05, 3.63) is 77.9 Å². The number of aliphatic hydroxyl groups is 3. The predicted molar refractivity (Wildman–Crippen MR) is 171 cm³/mol. The van der Waals surface area contributed by atoms with Crippen LogP contribution >= 0.6 is 0 Å². The van der Waals surface area contributed by atoms with E-state index in [9.17, 15) is 34.8 Å². The number of hydrogen-bond donors (Lipinski definition) is 6. The van der Waals surface area contributed by atoms with Crippen molar-refractivity contribution < 1.29 is 49.0 Å². The molecule has 14 heteroatoms. The van der Waals surface area contributed by atoms with Crippen molar-refractivity contribution in [2.75, 3.05) is 55.9 Å². The highest BCUT2D eigenvalue weighted by Crippen LogP contribution is 2.34. The Kier molecular flexibility index (Phi) is 10.6. The summed E-state index contributed by atoms with van der Waals surface area (Å²) in [6, 6.07) is 17.9. The Morgan fingerprint density at radius 1 is 0.830 bits per heavy atom. The summed E-state index contributed by atoms with van der Waals surface area (Å²) < 4.78 is 16.2. The first-order valence-corrected chi connectivity index (χ1v) is 15.1.